The summed E-state index contributed by atoms with van der Waals surface area (Å²) in [6.07, 6.45) is 0.343. The van der Waals surface area contributed by atoms with Crippen molar-refractivity contribution in [1.29, 1.82) is 5.26 Å². The third kappa shape index (κ3) is 4.33. The van der Waals surface area contributed by atoms with Crippen molar-refractivity contribution in [3.8, 4) is 6.07 Å². The topological polar surface area (TPSA) is 140 Å². The predicted molar refractivity (Wildman–Crippen MR) is 106 cm³/mol. The zero-order valence-electron chi connectivity index (χ0n) is 16.0. The van der Waals surface area contributed by atoms with Gasteiger partial charge in [-0.1, -0.05) is 29.8 Å². The van der Waals surface area contributed by atoms with Gasteiger partial charge in [-0.05, 0) is 18.6 Å². The molecule has 11 heteroatoms. The van der Waals surface area contributed by atoms with Crippen molar-refractivity contribution in [2.45, 2.75) is 25.2 Å². The molecule has 1 saturated heterocycles. The van der Waals surface area contributed by atoms with Crippen LogP contribution in [0.5, 0.6) is 0 Å². The number of fused-ring (bicyclic) bond motifs is 1. The van der Waals surface area contributed by atoms with Gasteiger partial charge in [-0.2, -0.15) is 10.2 Å². The van der Waals surface area contributed by atoms with Crippen LogP contribution in [0.15, 0.2) is 36.7 Å². The number of carboxylic acids is 1. The third-order valence-electron chi connectivity index (χ3n) is 4.90. The van der Waals surface area contributed by atoms with E-state index in [2.05, 4.69) is 15.0 Å². The molecule has 3 atom stereocenters. The maximum absolute atomic E-state index is 12.2. The summed E-state index contributed by atoms with van der Waals surface area (Å²) in [7, 11) is 0. The Morgan fingerprint density at radius 1 is 1.32 bits per heavy atom. The summed E-state index contributed by atoms with van der Waals surface area (Å²) < 4.78 is 12.9. The molecule has 3 aromatic rings. The molecule has 4 rings (SSSR count). The van der Waals surface area contributed by atoms with Crippen LogP contribution in [0.25, 0.3) is 11.2 Å². The number of hydrogen-bond acceptors (Lipinski definition) is 8. The quantitative estimate of drug-likeness (QED) is 0.451. The van der Waals surface area contributed by atoms with Crippen molar-refractivity contribution in [2.75, 3.05) is 6.61 Å². The second kappa shape index (κ2) is 8.67. The highest BCUT2D eigenvalue weighted by atomic mass is 35.5. The average molecular weight is 442 g/mol. The van der Waals surface area contributed by atoms with Crippen molar-refractivity contribution in [1.82, 2.24) is 19.5 Å². The lowest BCUT2D eigenvalue weighted by molar-refractivity contribution is -0.139. The molecule has 0 radical (unpaired) electrons. The highest BCUT2D eigenvalue weighted by Crippen LogP contribution is 2.38. The normalized spacial score (nSPS) is 20.5. The van der Waals surface area contributed by atoms with Crippen LogP contribution in [0.4, 0.5) is 0 Å². The molecule has 1 aliphatic heterocycles. The van der Waals surface area contributed by atoms with Crippen LogP contribution >= 0.6 is 11.6 Å². The summed E-state index contributed by atoms with van der Waals surface area (Å²) in [6, 6.07) is 10.4. The monoisotopic (exact) mass is 441 g/mol. The Labute approximate surface area is 181 Å². The number of nitriles is 1. The Bertz CT molecular complexity index is 1180. The van der Waals surface area contributed by atoms with E-state index in [9.17, 15) is 14.7 Å². The van der Waals surface area contributed by atoms with Gasteiger partial charge in [-0.3, -0.25) is 9.36 Å². The maximum atomic E-state index is 12.2. The van der Waals surface area contributed by atoms with Crippen LogP contribution in [0, 0.1) is 17.2 Å². The van der Waals surface area contributed by atoms with E-state index < -0.39 is 30.2 Å². The minimum Gasteiger partial charge on any atom is -0.481 e. The van der Waals surface area contributed by atoms with Gasteiger partial charge in [0, 0.05) is 5.92 Å². The number of carbonyl (C=O) groups is 2. The van der Waals surface area contributed by atoms with Gasteiger partial charge in [0.2, 0.25) is 5.82 Å². The summed E-state index contributed by atoms with van der Waals surface area (Å²) in [5.74, 6) is -2.06. The SMILES string of the molecule is N#Cc1nc(Cl)c2ncn([C@@H]3O[C@H](COC(=O)c4ccccc4)C[C@@H]3CC(=O)O)c2n1. The summed E-state index contributed by atoms with van der Waals surface area (Å²) in [6.45, 7) is -0.0356. The van der Waals surface area contributed by atoms with E-state index in [1.54, 1.807) is 30.3 Å². The summed E-state index contributed by atoms with van der Waals surface area (Å²) in [5.41, 5.74) is 0.950. The molecule has 1 aliphatic rings. The van der Waals surface area contributed by atoms with Crippen LogP contribution < -0.4 is 0 Å². The highest BCUT2D eigenvalue weighted by molar-refractivity contribution is 6.33. The second-order valence-corrected chi connectivity index (χ2v) is 7.34. The van der Waals surface area contributed by atoms with Crippen molar-refractivity contribution < 1.29 is 24.2 Å². The number of imidazole rings is 1. The summed E-state index contributed by atoms with van der Waals surface area (Å²) >= 11 is 6.08. The average Bonchev–Trinajstić information content (AvgIpc) is 3.36. The van der Waals surface area contributed by atoms with E-state index in [0.717, 1.165) is 0 Å². The van der Waals surface area contributed by atoms with Gasteiger partial charge in [0.15, 0.2) is 10.8 Å². The third-order valence-corrected chi connectivity index (χ3v) is 5.16. The number of hydrogen-bond donors (Lipinski definition) is 1. The first-order valence-corrected chi connectivity index (χ1v) is 9.73. The molecule has 10 nitrogen and oxygen atoms in total. The summed E-state index contributed by atoms with van der Waals surface area (Å²) in [4.78, 5) is 35.8. The zero-order chi connectivity index (χ0) is 22.0. The van der Waals surface area contributed by atoms with Gasteiger partial charge in [0.25, 0.3) is 0 Å². The number of carbonyl (C=O) groups excluding carboxylic acids is 1. The first kappa shape index (κ1) is 20.7. The van der Waals surface area contributed by atoms with E-state index >= 15 is 0 Å². The number of carboxylic acid groups (broad SMARTS) is 1. The Balaban J connectivity index is 1.56. The van der Waals surface area contributed by atoms with E-state index in [1.807, 2.05) is 6.07 Å². The largest absolute Gasteiger partial charge is 0.481 e. The van der Waals surface area contributed by atoms with E-state index in [1.165, 1.54) is 10.9 Å². The fraction of sp³-hybridized carbons (Fsp3) is 0.300. The number of esters is 1. The number of halogens is 1. The minimum atomic E-state index is -0.990. The van der Waals surface area contributed by atoms with E-state index in [-0.39, 0.29) is 35.2 Å². The molecule has 0 aliphatic carbocycles. The Morgan fingerprint density at radius 3 is 2.81 bits per heavy atom. The molecule has 1 N–H and O–H groups in total. The van der Waals surface area contributed by atoms with Gasteiger partial charge in [-0.25, -0.2) is 14.8 Å². The van der Waals surface area contributed by atoms with E-state index in [0.29, 0.717) is 12.0 Å². The molecule has 158 valence electrons. The Morgan fingerprint density at radius 2 is 2.10 bits per heavy atom. The van der Waals surface area contributed by atoms with Gasteiger partial charge < -0.3 is 14.6 Å². The molecular weight excluding hydrogens is 426 g/mol. The van der Waals surface area contributed by atoms with Crippen LogP contribution in [0.3, 0.4) is 0 Å². The lowest BCUT2D eigenvalue weighted by Gasteiger charge is -2.19. The Hall–Kier alpha value is -3.55. The first-order valence-electron chi connectivity index (χ1n) is 9.36. The predicted octanol–water partition coefficient (Wildman–Crippen LogP) is 2.59. The molecule has 0 spiro atoms. The fourth-order valence-electron chi connectivity index (χ4n) is 3.57. The number of ether oxygens (including phenoxy) is 2. The van der Waals surface area contributed by atoms with Gasteiger partial charge in [0.05, 0.1) is 24.4 Å². The van der Waals surface area contributed by atoms with Crippen LogP contribution in [0.2, 0.25) is 5.15 Å². The number of rotatable bonds is 6. The smallest absolute Gasteiger partial charge is 0.338 e. The van der Waals surface area contributed by atoms with Gasteiger partial charge >= 0.3 is 11.9 Å². The van der Waals surface area contributed by atoms with E-state index in [4.69, 9.17) is 26.3 Å². The number of nitrogens with zero attached hydrogens (tertiary/aromatic N) is 5. The molecule has 0 unspecified atom stereocenters. The van der Waals surface area contributed by atoms with Gasteiger partial charge in [0.1, 0.15) is 24.4 Å². The van der Waals surface area contributed by atoms with Crippen LogP contribution in [-0.4, -0.2) is 49.3 Å². The lowest BCUT2D eigenvalue weighted by Crippen LogP contribution is -2.20. The van der Waals surface area contributed by atoms with Crippen molar-refractivity contribution in [2.24, 2.45) is 5.92 Å². The molecule has 0 amide bonds. The Kier molecular flexibility index (Phi) is 5.79. The fourth-order valence-corrected chi connectivity index (χ4v) is 3.78. The maximum Gasteiger partial charge on any atom is 0.338 e. The molecule has 2 aromatic heterocycles. The molecule has 1 fully saturated rings. The van der Waals surface area contributed by atoms with Crippen LogP contribution in [-0.2, 0) is 14.3 Å². The van der Waals surface area contributed by atoms with Gasteiger partial charge in [-0.15, -0.1) is 0 Å². The second-order valence-electron chi connectivity index (χ2n) is 6.98. The highest BCUT2D eigenvalue weighted by Gasteiger charge is 2.39. The molecular formula is C20H16ClN5O5. The first-order chi connectivity index (χ1) is 15.0. The molecule has 31 heavy (non-hydrogen) atoms. The molecule has 0 saturated carbocycles. The molecule has 0 bridgehead atoms. The summed E-state index contributed by atoms with van der Waals surface area (Å²) in [5, 5.41) is 18.5. The number of benzene rings is 1. The minimum absolute atomic E-state index is 0.0152. The van der Waals surface area contributed by atoms with Crippen molar-refractivity contribution in [3.05, 3.63) is 53.2 Å². The lowest BCUT2D eigenvalue weighted by atomic mass is 9.99. The van der Waals surface area contributed by atoms with Crippen molar-refractivity contribution >= 4 is 34.7 Å². The van der Waals surface area contributed by atoms with Crippen LogP contribution in [0.1, 0.15) is 35.3 Å². The number of aliphatic carboxylic acids is 1. The zero-order valence-corrected chi connectivity index (χ0v) is 16.8. The molecule has 1 aromatic carbocycles. The number of aromatic nitrogens is 4. The molecule has 3 heterocycles. The standard InChI is InChI=1S/C20H16ClN5O5/c21-17-16-18(25-14(8-22)24-17)26(10-23-16)19-12(7-15(27)28)6-13(31-19)9-30-20(29)11-4-2-1-3-5-11/h1-5,10,12-13,19H,6-7,9H2,(H,27,28)/t12-,13+,19-/m1/s1. The van der Waals surface area contributed by atoms with Crippen molar-refractivity contribution in [3.63, 3.8) is 0 Å².